The number of nitrogens with one attached hydrogen (secondary N) is 1. The highest BCUT2D eigenvalue weighted by Crippen LogP contribution is 2.34. The molecule has 172 valence electrons. The van der Waals surface area contributed by atoms with Crippen molar-refractivity contribution in [2.45, 2.75) is 39.0 Å². The lowest BCUT2D eigenvalue weighted by molar-refractivity contribution is -0.137. The van der Waals surface area contributed by atoms with Gasteiger partial charge in [-0.1, -0.05) is 50.2 Å². The Hall–Kier alpha value is -3.35. The minimum Gasteiger partial charge on any atom is -0.358 e. The molecule has 0 unspecified atom stereocenters. The second-order valence-electron chi connectivity index (χ2n) is 8.61. The number of carbonyl (C=O) groups is 1. The van der Waals surface area contributed by atoms with Gasteiger partial charge in [0.25, 0.3) is 0 Å². The van der Waals surface area contributed by atoms with Crippen LogP contribution in [-0.2, 0) is 23.9 Å². The van der Waals surface area contributed by atoms with Gasteiger partial charge in [0.1, 0.15) is 11.9 Å². The molecule has 0 fully saturated rings. The molecule has 0 spiro atoms. The number of fused-ring (bicyclic) bond motifs is 1. The van der Waals surface area contributed by atoms with E-state index >= 15 is 0 Å². The van der Waals surface area contributed by atoms with Crippen LogP contribution < -0.4 is 5.32 Å². The van der Waals surface area contributed by atoms with Crippen molar-refractivity contribution < 1.29 is 18.0 Å². The summed E-state index contributed by atoms with van der Waals surface area (Å²) in [6.07, 6.45) is -2.03. The number of nitrogens with zero attached hydrogens (tertiary/aromatic N) is 2. The molecule has 1 aliphatic rings. The number of benzene rings is 2. The van der Waals surface area contributed by atoms with Crippen molar-refractivity contribution in [1.29, 1.82) is 0 Å². The Labute approximate surface area is 191 Å². The molecular formula is C26H26F3N3O. The number of halogens is 3. The summed E-state index contributed by atoms with van der Waals surface area (Å²) in [5.41, 5.74) is 3.11. The first-order valence-electron chi connectivity index (χ1n) is 11.0. The molecule has 1 atom stereocenters. The van der Waals surface area contributed by atoms with E-state index in [0.29, 0.717) is 25.3 Å². The summed E-state index contributed by atoms with van der Waals surface area (Å²) in [6, 6.07) is 16.2. The molecule has 4 rings (SSSR count). The van der Waals surface area contributed by atoms with E-state index in [1.54, 1.807) is 6.20 Å². The van der Waals surface area contributed by atoms with E-state index in [1.165, 1.54) is 12.1 Å². The number of hydrogen-bond donors (Lipinski definition) is 1. The van der Waals surface area contributed by atoms with Gasteiger partial charge in [0.2, 0.25) is 5.91 Å². The third kappa shape index (κ3) is 5.02. The van der Waals surface area contributed by atoms with Gasteiger partial charge >= 0.3 is 6.18 Å². The predicted molar refractivity (Wildman–Crippen MR) is 122 cm³/mol. The molecule has 0 bridgehead atoms. The van der Waals surface area contributed by atoms with Crippen LogP contribution >= 0.6 is 0 Å². The van der Waals surface area contributed by atoms with Gasteiger partial charge in [0.15, 0.2) is 0 Å². The summed E-state index contributed by atoms with van der Waals surface area (Å²) in [6.45, 7) is 5.02. The number of anilines is 1. The molecule has 3 aromatic rings. The Balaban J connectivity index is 1.55. The maximum absolute atomic E-state index is 13.4. The van der Waals surface area contributed by atoms with Crippen LogP contribution in [0.3, 0.4) is 0 Å². The number of pyridine rings is 1. The summed E-state index contributed by atoms with van der Waals surface area (Å²) in [5, 5.41) is 3.26. The Kier molecular flexibility index (Phi) is 6.40. The molecule has 0 saturated carbocycles. The van der Waals surface area contributed by atoms with Crippen LogP contribution in [0, 0.1) is 5.92 Å². The Morgan fingerprint density at radius 2 is 1.79 bits per heavy atom. The zero-order valence-corrected chi connectivity index (χ0v) is 18.6. The second kappa shape index (κ2) is 9.25. The maximum Gasteiger partial charge on any atom is 0.416 e. The van der Waals surface area contributed by atoms with Crippen LogP contribution in [0.15, 0.2) is 66.9 Å². The first kappa shape index (κ1) is 22.8. The molecule has 0 aliphatic carbocycles. The number of hydrogen-bond acceptors (Lipinski definition) is 3. The van der Waals surface area contributed by atoms with Crippen LogP contribution in [0.25, 0.3) is 11.1 Å². The summed E-state index contributed by atoms with van der Waals surface area (Å²) in [4.78, 5) is 19.5. The maximum atomic E-state index is 13.4. The summed E-state index contributed by atoms with van der Waals surface area (Å²) in [5.74, 6) is 0.743. The van der Waals surface area contributed by atoms with Gasteiger partial charge in [-0.25, -0.2) is 4.98 Å². The molecule has 7 heteroatoms. The minimum absolute atomic E-state index is 0.0150. The van der Waals surface area contributed by atoms with Crippen molar-refractivity contribution in [2.75, 3.05) is 11.9 Å². The standard InChI is InChI=1S/C26H26F3N3O/c1-17(2)24(31-23-8-3-4-14-30-23)25(33)32-15-13-22-19(16-32)6-5-7-21(22)18-9-11-20(12-10-18)26(27,28)29/h3-12,14,17,24H,13,15-16H2,1-2H3,(H,30,31)/t24-/m1/s1. The molecule has 1 aromatic heterocycles. The molecule has 0 radical (unpaired) electrons. The Bertz CT molecular complexity index is 1110. The van der Waals surface area contributed by atoms with Crippen LogP contribution in [0.4, 0.5) is 19.0 Å². The molecule has 2 aromatic carbocycles. The SMILES string of the molecule is CC(C)[C@@H](Nc1ccccn1)C(=O)N1CCc2c(cccc2-c2ccc(C(F)(F)F)cc2)C1. The van der Waals surface area contributed by atoms with Gasteiger partial charge in [-0.15, -0.1) is 0 Å². The molecule has 1 aliphatic heterocycles. The zero-order chi connectivity index (χ0) is 23.6. The van der Waals surface area contributed by atoms with Crippen LogP contribution in [0.1, 0.15) is 30.5 Å². The summed E-state index contributed by atoms with van der Waals surface area (Å²) < 4.78 is 38.8. The fourth-order valence-corrected chi connectivity index (χ4v) is 4.22. The van der Waals surface area contributed by atoms with Gasteiger partial charge in [-0.05, 0) is 58.9 Å². The average Bonchev–Trinajstić information content (AvgIpc) is 2.81. The largest absolute Gasteiger partial charge is 0.416 e. The van der Waals surface area contributed by atoms with Crippen molar-refractivity contribution in [3.63, 3.8) is 0 Å². The smallest absolute Gasteiger partial charge is 0.358 e. The quantitative estimate of drug-likeness (QED) is 0.532. The highest BCUT2D eigenvalue weighted by Gasteiger charge is 2.31. The van der Waals surface area contributed by atoms with Crippen molar-refractivity contribution in [3.05, 3.63) is 83.6 Å². The van der Waals surface area contributed by atoms with Crippen LogP contribution in [0.2, 0.25) is 0 Å². The van der Waals surface area contributed by atoms with Crippen LogP contribution in [0.5, 0.6) is 0 Å². The van der Waals surface area contributed by atoms with Gasteiger partial charge in [-0.3, -0.25) is 4.79 Å². The van der Waals surface area contributed by atoms with Crippen molar-refractivity contribution >= 4 is 11.7 Å². The van der Waals surface area contributed by atoms with E-state index in [9.17, 15) is 18.0 Å². The lowest BCUT2D eigenvalue weighted by atomic mass is 9.90. The van der Waals surface area contributed by atoms with E-state index in [2.05, 4.69) is 10.3 Å². The highest BCUT2D eigenvalue weighted by molar-refractivity contribution is 5.85. The number of carbonyl (C=O) groups excluding carboxylic acids is 1. The molecular weight excluding hydrogens is 427 g/mol. The van der Waals surface area contributed by atoms with E-state index in [-0.39, 0.29) is 11.8 Å². The topological polar surface area (TPSA) is 45.2 Å². The molecule has 33 heavy (non-hydrogen) atoms. The van der Waals surface area contributed by atoms with Crippen molar-refractivity contribution in [2.24, 2.45) is 5.92 Å². The number of rotatable bonds is 5. The minimum atomic E-state index is -4.36. The summed E-state index contributed by atoms with van der Waals surface area (Å²) >= 11 is 0. The van der Waals surface area contributed by atoms with Gasteiger partial charge in [-0.2, -0.15) is 13.2 Å². The monoisotopic (exact) mass is 453 g/mol. The third-order valence-electron chi connectivity index (χ3n) is 6.00. The number of alkyl halides is 3. The fraction of sp³-hybridized carbons (Fsp3) is 0.308. The molecule has 1 amide bonds. The van der Waals surface area contributed by atoms with E-state index in [1.807, 2.05) is 55.1 Å². The Morgan fingerprint density at radius 3 is 2.42 bits per heavy atom. The van der Waals surface area contributed by atoms with Gasteiger partial charge in [0, 0.05) is 19.3 Å². The van der Waals surface area contributed by atoms with Gasteiger partial charge < -0.3 is 10.2 Å². The number of aromatic nitrogens is 1. The van der Waals surface area contributed by atoms with E-state index in [4.69, 9.17) is 0 Å². The normalized spacial score (nSPS) is 14.7. The molecule has 0 saturated heterocycles. The number of amides is 1. The molecule has 2 heterocycles. The van der Waals surface area contributed by atoms with Crippen LogP contribution in [-0.4, -0.2) is 28.4 Å². The Morgan fingerprint density at radius 1 is 1.03 bits per heavy atom. The predicted octanol–water partition coefficient (Wildman–Crippen LogP) is 5.79. The first-order chi connectivity index (χ1) is 15.7. The van der Waals surface area contributed by atoms with Gasteiger partial charge in [0.05, 0.1) is 5.56 Å². The second-order valence-corrected chi connectivity index (χ2v) is 8.61. The average molecular weight is 454 g/mol. The van der Waals surface area contributed by atoms with Crippen molar-refractivity contribution in [1.82, 2.24) is 9.88 Å². The van der Waals surface area contributed by atoms with E-state index in [0.717, 1.165) is 34.4 Å². The lowest BCUT2D eigenvalue weighted by Gasteiger charge is -2.34. The van der Waals surface area contributed by atoms with Crippen molar-refractivity contribution in [3.8, 4) is 11.1 Å². The molecule has 1 N–H and O–H groups in total. The fourth-order valence-electron chi connectivity index (χ4n) is 4.22. The molecule has 4 nitrogen and oxygen atoms in total. The zero-order valence-electron chi connectivity index (χ0n) is 18.6. The summed E-state index contributed by atoms with van der Waals surface area (Å²) in [7, 11) is 0. The lowest BCUT2D eigenvalue weighted by Crippen LogP contribution is -2.47. The highest BCUT2D eigenvalue weighted by atomic mass is 19.4. The third-order valence-corrected chi connectivity index (χ3v) is 6.00. The van der Waals surface area contributed by atoms with E-state index < -0.39 is 17.8 Å². The first-order valence-corrected chi connectivity index (χ1v) is 11.0.